The van der Waals surface area contributed by atoms with E-state index >= 15 is 0 Å². The van der Waals surface area contributed by atoms with Crippen molar-refractivity contribution in [2.75, 3.05) is 13.2 Å². The van der Waals surface area contributed by atoms with E-state index in [1.165, 1.54) is 11.8 Å². The van der Waals surface area contributed by atoms with Crippen LogP contribution in [0.25, 0.3) is 0 Å². The largest absolute Gasteiger partial charge is 0.481 e. The zero-order chi connectivity index (χ0) is 21.4. The van der Waals surface area contributed by atoms with Crippen molar-refractivity contribution in [2.24, 2.45) is 5.73 Å². The van der Waals surface area contributed by atoms with Gasteiger partial charge in [-0.05, 0) is 26.2 Å². The van der Waals surface area contributed by atoms with Gasteiger partial charge in [0.2, 0.25) is 17.7 Å². The molecule has 1 heterocycles. The van der Waals surface area contributed by atoms with Gasteiger partial charge >= 0.3 is 11.9 Å². The third-order valence-electron chi connectivity index (χ3n) is 4.36. The Morgan fingerprint density at radius 2 is 1.82 bits per heavy atom. The van der Waals surface area contributed by atoms with Crippen molar-refractivity contribution in [2.45, 2.75) is 56.8 Å². The SMILES string of the molecule is C[C@H](NC(=O)[C@@H](N)CO)C(=O)N1CCC[C@H]1C(=O)N[C@@H](CCC(=O)O)C(=O)O. The predicted molar refractivity (Wildman–Crippen MR) is 93.8 cm³/mol. The van der Waals surface area contributed by atoms with E-state index in [1.807, 2.05) is 0 Å². The van der Waals surface area contributed by atoms with E-state index in [0.717, 1.165) is 0 Å². The first-order valence-corrected chi connectivity index (χ1v) is 8.80. The lowest BCUT2D eigenvalue weighted by atomic mass is 10.1. The monoisotopic (exact) mass is 402 g/mol. The quantitative estimate of drug-likeness (QED) is 0.224. The second kappa shape index (κ2) is 10.6. The first-order chi connectivity index (χ1) is 13.1. The van der Waals surface area contributed by atoms with Gasteiger partial charge in [-0.3, -0.25) is 19.2 Å². The van der Waals surface area contributed by atoms with E-state index in [1.54, 1.807) is 0 Å². The minimum absolute atomic E-state index is 0.246. The van der Waals surface area contributed by atoms with Crippen LogP contribution in [0.15, 0.2) is 0 Å². The molecule has 1 saturated heterocycles. The number of rotatable bonds is 10. The Labute approximate surface area is 161 Å². The van der Waals surface area contributed by atoms with E-state index in [0.29, 0.717) is 12.8 Å². The molecule has 28 heavy (non-hydrogen) atoms. The summed E-state index contributed by atoms with van der Waals surface area (Å²) in [5, 5.41) is 31.3. The second-order valence-electron chi connectivity index (χ2n) is 6.54. The maximum absolute atomic E-state index is 12.6. The molecule has 12 heteroatoms. The fraction of sp³-hybridized carbons (Fsp3) is 0.688. The third-order valence-corrected chi connectivity index (χ3v) is 4.36. The maximum atomic E-state index is 12.6. The number of carboxylic acids is 2. The summed E-state index contributed by atoms with van der Waals surface area (Å²) in [6.45, 7) is 1.06. The van der Waals surface area contributed by atoms with Crippen molar-refractivity contribution in [3.05, 3.63) is 0 Å². The van der Waals surface area contributed by atoms with Gasteiger partial charge in [0.25, 0.3) is 0 Å². The minimum atomic E-state index is -1.39. The summed E-state index contributed by atoms with van der Waals surface area (Å²) >= 11 is 0. The lowest BCUT2D eigenvalue weighted by Gasteiger charge is -2.28. The number of carboxylic acid groups (broad SMARTS) is 2. The van der Waals surface area contributed by atoms with Crippen molar-refractivity contribution in [3.8, 4) is 0 Å². The molecular weight excluding hydrogens is 376 g/mol. The molecule has 12 nitrogen and oxygen atoms in total. The highest BCUT2D eigenvalue weighted by Gasteiger charge is 2.37. The molecule has 7 N–H and O–H groups in total. The number of aliphatic hydroxyl groups excluding tert-OH is 1. The molecule has 0 unspecified atom stereocenters. The Balaban J connectivity index is 2.75. The summed E-state index contributed by atoms with van der Waals surface area (Å²) in [5.74, 6) is -4.53. The van der Waals surface area contributed by atoms with Gasteiger partial charge < -0.3 is 36.6 Å². The lowest BCUT2D eigenvalue weighted by Crippen LogP contribution is -2.56. The number of aliphatic hydroxyl groups is 1. The van der Waals surface area contributed by atoms with Crippen molar-refractivity contribution in [3.63, 3.8) is 0 Å². The van der Waals surface area contributed by atoms with Crippen LogP contribution in [-0.2, 0) is 24.0 Å². The number of amides is 3. The summed E-state index contributed by atoms with van der Waals surface area (Å²) in [5.41, 5.74) is 5.38. The van der Waals surface area contributed by atoms with E-state index in [2.05, 4.69) is 10.6 Å². The molecule has 1 aliphatic heterocycles. The van der Waals surface area contributed by atoms with Crippen molar-refractivity contribution in [1.29, 1.82) is 0 Å². The average molecular weight is 402 g/mol. The van der Waals surface area contributed by atoms with Crippen LogP contribution >= 0.6 is 0 Å². The first-order valence-electron chi connectivity index (χ1n) is 8.80. The normalized spacial score (nSPS) is 19.4. The summed E-state index contributed by atoms with van der Waals surface area (Å²) < 4.78 is 0. The molecule has 0 aromatic heterocycles. The molecular formula is C16H26N4O8. The molecule has 158 valence electrons. The Morgan fingerprint density at radius 1 is 1.18 bits per heavy atom. The van der Waals surface area contributed by atoms with Crippen molar-refractivity contribution < 1.29 is 39.3 Å². The number of carbonyl (C=O) groups excluding carboxylic acids is 3. The number of nitrogens with zero attached hydrogens (tertiary/aromatic N) is 1. The minimum Gasteiger partial charge on any atom is -0.481 e. The average Bonchev–Trinajstić information content (AvgIpc) is 3.12. The van der Waals surface area contributed by atoms with Gasteiger partial charge in [-0.25, -0.2) is 4.79 Å². The molecule has 0 bridgehead atoms. The summed E-state index contributed by atoms with van der Waals surface area (Å²) in [6, 6.07) is -4.50. The van der Waals surface area contributed by atoms with Crippen LogP contribution in [0.2, 0.25) is 0 Å². The van der Waals surface area contributed by atoms with Crippen molar-refractivity contribution in [1.82, 2.24) is 15.5 Å². The summed E-state index contributed by atoms with van der Waals surface area (Å²) in [4.78, 5) is 59.8. The Hall–Kier alpha value is -2.73. The van der Waals surface area contributed by atoms with Crippen LogP contribution in [-0.4, -0.2) is 87.2 Å². The third kappa shape index (κ3) is 6.46. The zero-order valence-electron chi connectivity index (χ0n) is 15.5. The second-order valence-corrected chi connectivity index (χ2v) is 6.54. The maximum Gasteiger partial charge on any atom is 0.326 e. The molecule has 0 radical (unpaired) electrons. The number of hydrogen-bond donors (Lipinski definition) is 6. The Morgan fingerprint density at radius 3 is 2.36 bits per heavy atom. The van der Waals surface area contributed by atoms with Gasteiger partial charge in [-0.2, -0.15) is 0 Å². The molecule has 0 aliphatic carbocycles. The smallest absolute Gasteiger partial charge is 0.326 e. The Bertz CT molecular complexity index is 626. The highest BCUT2D eigenvalue weighted by molar-refractivity contribution is 5.94. The molecule has 1 rings (SSSR count). The molecule has 0 aromatic carbocycles. The summed E-state index contributed by atoms with van der Waals surface area (Å²) in [7, 11) is 0. The molecule has 4 atom stereocenters. The molecule has 3 amide bonds. The van der Waals surface area contributed by atoms with Crippen LogP contribution in [0.4, 0.5) is 0 Å². The van der Waals surface area contributed by atoms with Gasteiger partial charge in [0.1, 0.15) is 24.2 Å². The van der Waals surface area contributed by atoms with Crippen molar-refractivity contribution >= 4 is 29.7 Å². The van der Waals surface area contributed by atoms with Gasteiger partial charge in [0.05, 0.1) is 6.61 Å². The molecule has 0 saturated carbocycles. The lowest BCUT2D eigenvalue weighted by molar-refractivity contribution is -0.145. The van der Waals surface area contributed by atoms with E-state index < -0.39 is 66.9 Å². The first kappa shape index (κ1) is 23.3. The number of likely N-dealkylation sites (tertiary alicyclic amines) is 1. The topological polar surface area (TPSA) is 199 Å². The van der Waals surface area contributed by atoms with Gasteiger partial charge in [0.15, 0.2) is 0 Å². The number of carbonyl (C=O) groups is 5. The summed E-state index contributed by atoms with van der Waals surface area (Å²) in [6.07, 6.45) is 0.0918. The van der Waals surface area contributed by atoms with Crippen LogP contribution in [0.5, 0.6) is 0 Å². The van der Waals surface area contributed by atoms with Crippen LogP contribution in [0.3, 0.4) is 0 Å². The molecule has 0 spiro atoms. The van der Waals surface area contributed by atoms with E-state index in [4.69, 9.17) is 21.1 Å². The number of nitrogens with one attached hydrogen (secondary N) is 2. The highest BCUT2D eigenvalue weighted by atomic mass is 16.4. The van der Waals surface area contributed by atoms with Gasteiger partial charge in [-0.15, -0.1) is 0 Å². The van der Waals surface area contributed by atoms with Crippen LogP contribution in [0, 0.1) is 0 Å². The fourth-order valence-electron chi connectivity index (χ4n) is 2.81. The van der Waals surface area contributed by atoms with Gasteiger partial charge in [0, 0.05) is 13.0 Å². The Kier molecular flexibility index (Phi) is 8.79. The number of hydrogen-bond acceptors (Lipinski definition) is 7. The number of nitrogens with two attached hydrogens (primary N) is 1. The standard InChI is InChI=1S/C16H26N4O8/c1-8(18-13(24)9(17)7-21)15(26)20-6-2-3-11(20)14(25)19-10(16(27)28)4-5-12(22)23/h8-11,21H,2-7,17H2,1H3,(H,18,24)(H,19,25)(H,22,23)(H,27,28)/t8-,9-,10-,11-/m0/s1. The predicted octanol–water partition coefficient (Wildman–Crippen LogP) is -2.76. The van der Waals surface area contributed by atoms with Gasteiger partial charge in [-0.1, -0.05) is 0 Å². The highest BCUT2D eigenvalue weighted by Crippen LogP contribution is 2.19. The zero-order valence-corrected chi connectivity index (χ0v) is 15.5. The van der Waals surface area contributed by atoms with E-state index in [-0.39, 0.29) is 13.0 Å². The fourth-order valence-corrected chi connectivity index (χ4v) is 2.81. The molecule has 1 fully saturated rings. The van der Waals surface area contributed by atoms with Crippen LogP contribution < -0.4 is 16.4 Å². The van der Waals surface area contributed by atoms with Crippen LogP contribution in [0.1, 0.15) is 32.6 Å². The molecule has 0 aromatic rings. The molecule has 1 aliphatic rings. The number of aliphatic carboxylic acids is 2. The van der Waals surface area contributed by atoms with E-state index in [9.17, 15) is 24.0 Å².